The molecule has 0 saturated carbocycles. The summed E-state index contributed by atoms with van der Waals surface area (Å²) in [7, 11) is 0. The van der Waals surface area contributed by atoms with Crippen LogP contribution in [-0.2, 0) is 0 Å². The van der Waals surface area contributed by atoms with Gasteiger partial charge in [-0.1, -0.05) is 12.1 Å². The molecule has 1 atom stereocenters. The fourth-order valence-electron chi connectivity index (χ4n) is 1.29. The van der Waals surface area contributed by atoms with Crippen molar-refractivity contribution in [2.24, 2.45) is 5.73 Å². The summed E-state index contributed by atoms with van der Waals surface area (Å²) in [4.78, 5) is 0. The first-order valence-electron chi connectivity index (χ1n) is 4.10. The Kier molecular flexibility index (Phi) is 3.39. The van der Waals surface area contributed by atoms with Crippen molar-refractivity contribution < 1.29 is 4.74 Å². The minimum absolute atomic E-state index is 0. The van der Waals surface area contributed by atoms with E-state index >= 15 is 0 Å². The maximum absolute atomic E-state index is 5.59. The van der Waals surface area contributed by atoms with Crippen LogP contribution in [0, 0.1) is 0 Å². The lowest BCUT2D eigenvalue weighted by Gasteiger charge is -2.26. The number of para-hydroxylation sites is 2. The van der Waals surface area contributed by atoms with Gasteiger partial charge in [0.05, 0.1) is 12.2 Å². The predicted molar refractivity (Wildman–Crippen MR) is 55.7 cm³/mol. The fraction of sp³-hybridized carbons (Fsp3) is 0.333. The molecule has 0 aliphatic carbocycles. The highest BCUT2D eigenvalue weighted by molar-refractivity contribution is 5.85. The summed E-state index contributed by atoms with van der Waals surface area (Å²) in [6.45, 7) is 1.36. The molecule has 0 radical (unpaired) electrons. The molecule has 1 unspecified atom stereocenters. The Hall–Kier alpha value is -0.930. The Balaban J connectivity index is 0.000000845. The predicted octanol–water partition coefficient (Wildman–Crippen LogP) is 1.24. The van der Waals surface area contributed by atoms with Gasteiger partial charge in [-0.05, 0) is 12.1 Å². The number of halogens is 1. The number of anilines is 1. The first-order valence-corrected chi connectivity index (χ1v) is 4.10. The zero-order chi connectivity index (χ0) is 8.39. The number of hydrogen-bond donors (Lipinski definition) is 2. The van der Waals surface area contributed by atoms with E-state index in [2.05, 4.69) is 5.32 Å². The first kappa shape index (κ1) is 10.2. The van der Waals surface area contributed by atoms with Crippen molar-refractivity contribution in [2.45, 2.75) is 6.10 Å². The molecule has 0 amide bonds. The van der Waals surface area contributed by atoms with Gasteiger partial charge in [-0.15, -0.1) is 12.4 Å². The number of ether oxygens (including phenoxy) is 1. The van der Waals surface area contributed by atoms with Crippen molar-refractivity contribution in [1.29, 1.82) is 0 Å². The molecule has 0 saturated heterocycles. The summed E-state index contributed by atoms with van der Waals surface area (Å²) in [6, 6.07) is 7.89. The lowest BCUT2D eigenvalue weighted by Crippen LogP contribution is -2.36. The Bertz CT molecular complexity index is 280. The minimum Gasteiger partial charge on any atom is -0.485 e. The second kappa shape index (κ2) is 4.35. The molecule has 1 aliphatic heterocycles. The highest BCUT2D eigenvalue weighted by Gasteiger charge is 2.16. The summed E-state index contributed by atoms with van der Waals surface area (Å²) >= 11 is 0. The van der Waals surface area contributed by atoms with Crippen LogP contribution in [0.3, 0.4) is 0 Å². The standard InChI is InChI=1S/C9H12N2O.ClH/c10-5-7-6-11-8-3-1-2-4-9(8)12-7;/h1-4,7,11H,5-6,10H2;1H. The van der Waals surface area contributed by atoms with Gasteiger partial charge in [0.1, 0.15) is 11.9 Å². The van der Waals surface area contributed by atoms with Gasteiger partial charge in [0, 0.05) is 6.54 Å². The number of hydrogen-bond acceptors (Lipinski definition) is 3. The summed E-state index contributed by atoms with van der Waals surface area (Å²) < 4.78 is 5.59. The lowest BCUT2D eigenvalue weighted by atomic mass is 10.2. The third-order valence-corrected chi connectivity index (χ3v) is 1.96. The van der Waals surface area contributed by atoms with E-state index < -0.39 is 0 Å². The van der Waals surface area contributed by atoms with Crippen LogP contribution in [0.2, 0.25) is 0 Å². The normalized spacial score (nSPS) is 19.0. The molecule has 3 N–H and O–H groups in total. The molecule has 0 fully saturated rings. The largest absolute Gasteiger partial charge is 0.485 e. The number of nitrogens with two attached hydrogens (primary N) is 1. The van der Waals surface area contributed by atoms with Crippen LogP contribution in [0.5, 0.6) is 5.75 Å². The van der Waals surface area contributed by atoms with E-state index in [1.165, 1.54) is 0 Å². The SMILES string of the molecule is Cl.NCC1CNc2ccccc2O1. The monoisotopic (exact) mass is 200 g/mol. The van der Waals surface area contributed by atoms with Crippen LogP contribution in [0.25, 0.3) is 0 Å². The van der Waals surface area contributed by atoms with E-state index in [4.69, 9.17) is 10.5 Å². The molecule has 4 heteroatoms. The van der Waals surface area contributed by atoms with E-state index in [0.717, 1.165) is 18.0 Å². The lowest BCUT2D eigenvalue weighted by molar-refractivity contribution is 0.214. The van der Waals surface area contributed by atoms with E-state index in [1.807, 2.05) is 24.3 Å². The van der Waals surface area contributed by atoms with E-state index in [0.29, 0.717) is 6.54 Å². The second-order valence-electron chi connectivity index (χ2n) is 2.85. The third-order valence-electron chi connectivity index (χ3n) is 1.96. The molecule has 13 heavy (non-hydrogen) atoms. The van der Waals surface area contributed by atoms with Crippen LogP contribution >= 0.6 is 12.4 Å². The summed E-state index contributed by atoms with van der Waals surface area (Å²) in [5.41, 5.74) is 6.55. The average molecular weight is 201 g/mol. The molecular formula is C9H13ClN2O. The van der Waals surface area contributed by atoms with Crippen LogP contribution in [0.1, 0.15) is 0 Å². The topological polar surface area (TPSA) is 47.3 Å². The van der Waals surface area contributed by atoms with Crippen LogP contribution in [-0.4, -0.2) is 19.2 Å². The number of nitrogens with one attached hydrogen (secondary N) is 1. The van der Waals surface area contributed by atoms with Gasteiger partial charge in [-0.3, -0.25) is 0 Å². The van der Waals surface area contributed by atoms with Gasteiger partial charge in [0.25, 0.3) is 0 Å². The Morgan fingerprint density at radius 2 is 2.23 bits per heavy atom. The van der Waals surface area contributed by atoms with Gasteiger partial charge in [0.15, 0.2) is 0 Å². The van der Waals surface area contributed by atoms with Crippen molar-refractivity contribution >= 4 is 18.1 Å². The quantitative estimate of drug-likeness (QED) is 0.717. The minimum atomic E-state index is 0. The Morgan fingerprint density at radius 3 is 3.00 bits per heavy atom. The van der Waals surface area contributed by atoms with Gasteiger partial charge in [0.2, 0.25) is 0 Å². The molecule has 0 spiro atoms. The summed E-state index contributed by atoms with van der Waals surface area (Å²) in [6.07, 6.45) is 0.111. The molecule has 0 bridgehead atoms. The maximum Gasteiger partial charge on any atom is 0.142 e. The highest BCUT2D eigenvalue weighted by Crippen LogP contribution is 2.27. The fourth-order valence-corrected chi connectivity index (χ4v) is 1.29. The van der Waals surface area contributed by atoms with Crippen LogP contribution in [0.15, 0.2) is 24.3 Å². The number of rotatable bonds is 1. The van der Waals surface area contributed by atoms with Crippen molar-refractivity contribution in [3.8, 4) is 5.75 Å². The third kappa shape index (κ3) is 2.05. The first-order chi connectivity index (χ1) is 5.90. The zero-order valence-corrected chi connectivity index (χ0v) is 8.01. The molecule has 1 aromatic carbocycles. The molecule has 1 aliphatic rings. The Morgan fingerprint density at radius 1 is 1.46 bits per heavy atom. The molecular weight excluding hydrogens is 188 g/mol. The van der Waals surface area contributed by atoms with Gasteiger partial charge in [-0.25, -0.2) is 0 Å². The number of fused-ring (bicyclic) bond motifs is 1. The molecule has 3 nitrogen and oxygen atoms in total. The van der Waals surface area contributed by atoms with E-state index in [9.17, 15) is 0 Å². The maximum atomic E-state index is 5.59. The van der Waals surface area contributed by atoms with Gasteiger partial charge < -0.3 is 15.8 Å². The van der Waals surface area contributed by atoms with Gasteiger partial charge in [-0.2, -0.15) is 0 Å². The van der Waals surface area contributed by atoms with E-state index in [-0.39, 0.29) is 18.5 Å². The smallest absolute Gasteiger partial charge is 0.142 e. The van der Waals surface area contributed by atoms with Crippen molar-refractivity contribution in [3.05, 3.63) is 24.3 Å². The molecule has 0 aromatic heterocycles. The average Bonchev–Trinajstić information content (AvgIpc) is 2.17. The molecule has 2 rings (SSSR count). The van der Waals surface area contributed by atoms with Crippen LogP contribution < -0.4 is 15.8 Å². The van der Waals surface area contributed by atoms with E-state index in [1.54, 1.807) is 0 Å². The van der Waals surface area contributed by atoms with Crippen molar-refractivity contribution in [2.75, 3.05) is 18.4 Å². The van der Waals surface area contributed by atoms with Crippen molar-refractivity contribution in [3.63, 3.8) is 0 Å². The molecule has 72 valence electrons. The van der Waals surface area contributed by atoms with Gasteiger partial charge >= 0.3 is 0 Å². The summed E-state index contributed by atoms with van der Waals surface area (Å²) in [5, 5.41) is 3.26. The zero-order valence-electron chi connectivity index (χ0n) is 7.19. The molecule has 1 heterocycles. The highest BCUT2D eigenvalue weighted by atomic mass is 35.5. The number of benzene rings is 1. The molecule has 1 aromatic rings. The second-order valence-corrected chi connectivity index (χ2v) is 2.85. The van der Waals surface area contributed by atoms with Crippen LogP contribution in [0.4, 0.5) is 5.69 Å². The Labute approximate surface area is 83.7 Å². The summed E-state index contributed by atoms with van der Waals surface area (Å²) in [5.74, 6) is 0.902. The van der Waals surface area contributed by atoms with Crippen molar-refractivity contribution in [1.82, 2.24) is 0 Å².